The third kappa shape index (κ3) is 1.82. The van der Waals surface area contributed by atoms with Crippen LogP contribution in [0.1, 0.15) is 32.4 Å². The van der Waals surface area contributed by atoms with Crippen molar-refractivity contribution in [3.8, 4) is 0 Å². The normalized spacial score (nSPS) is 16.9. The van der Waals surface area contributed by atoms with E-state index in [1.165, 1.54) is 6.20 Å². The molecule has 0 fully saturated rings. The number of halogens is 1. The Hall–Kier alpha value is -1.68. The molecule has 0 saturated carbocycles. The molecule has 0 amide bonds. The fourth-order valence-corrected chi connectivity index (χ4v) is 2.00. The summed E-state index contributed by atoms with van der Waals surface area (Å²) in [5.41, 5.74) is 1.61. The number of aromatic nitrogens is 1. The Morgan fingerprint density at radius 3 is 2.28 bits per heavy atom. The van der Waals surface area contributed by atoms with Gasteiger partial charge in [0, 0.05) is 16.7 Å². The van der Waals surface area contributed by atoms with Crippen molar-refractivity contribution in [2.24, 2.45) is 0 Å². The zero-order chi connectivity index (χ0) is 13.4. The highest BCUT2D eigenvalue weighted by molar-refractivity contribution is 6.38. The maximum Gasteiger partial charge on any atom is 0.209 e. The Kier molecular flexibility index (Phi) is 3.22. The topological polar surface area (TPSA) is 60.2 Å². The fraction of sp³-hybridized carbons (Fsp3) is 0.308. The van der Waals surface area contributed by atoms with Crippen molar-refractivity contribution >= 4 is 28.7 Å². The monoisotopic (exact) mass is 265 g/mol. The number of oxazole rings is 1. The molecule has 0 spiro atoms. The number of Topliss-reactive ketones (excluding diaryl/α,β-unsaturated/α-hetero) is 2. The van der Waals surface area contributed by atoms with Crippen LogP contribution in [0.25, 0.3) is 5.57 Å². The average molecular weight is 266 g/mol. The first-order valence-electron chi connectivity index (χ1n) is 5.46. The molecule has 5 heteroatoms. The molecule has 1 aromatic rings. The number of hydrogen-bond acceptors (Lipinski definition) is 4. The molecular weight excluding hydrogens is 254 g/mol. The van der Waals surface area contributed by atoms with E-state index >= 15 is 0 Å². The summed E-state index contributed by atoms with van der Waals surface area (Å²) in [5.74, 6) is 0.430. The summed E-state index contributed by atoms with van der Waals surface area (Å²) in [6.07, 6.45) is 1.43. The Balaban J connectivity index is 2.56. The molecule has 94 valence electrons. The molecule has 1 heterocycles. The van der Waals surface area contributed by atoms with Crippen molar-refractivity contribution in [1.29, 1.82) is 0 Å². The van der Waals surface area contributed by atoms with Crippen molar-refractivity contribution in [1.82, 2.24) is 4.98 Å². The molecule has 4 nitrogen and oxygen atoms in total. The molecule has 0 bridgehead atoms. The fourth-order valence-electron chi connectivity index (χ4n) is 1.88. The molecule has 0 aliphatic heterocycles. The van der Waals surface area contributed by atoms with Gasteiger partial charge in [0.15, 0.2) is 17.3 Å². The van der Waals surface area contributed by atoms with Gasteiger partial charge in [-0.05, 0) is 20.8 Å². The molecule has 0 N–H and O–H groups in total. The lowest BCUT2D eigenvalue weighted by atomic mass is 9.85. The van der Waals surface area contributed by atoms with Gasteiger partial charge >= 0.3 is 0 Å². The highest BCUT2D eigenvalue weighted by Crippen LogP contribution is 2.31. The number of rotatable bonds is 2. The highest BCUT2D eigenvalue weighted by Gasteiger charge is 2.30. The smallest absolute Gasteiger partial charge is 0.209 e. The van der Waals surface area contributed by atoms with Crippen LogP contribution >= 0.6 is 11.6 Å². The SMILES string of the molecule is CC1=C(C)C(=O)C(c2cnc(CCl)o2)=C(C)C1=O. The van der Waals surface area contributed by atoms with E-state index in [0.717, 1.165) is 0 Å². The number of hydrogen-bond donors (Lipinski definition) is 0. The third-order valence-corrected chi connectivity index (χ3v) is 3.33. The summed E-state index contributed by atoms with van der Waals surface area (Å²) in [6.45, 7) is 4.91. The van der Waals surface area contributed by atoms with Crippen LogP contribution in [-0.4, -0.2) is 16.6 Å². The third-order valence-electron chi connectivity index (χ3n) is 3.10. The minimum Gasteiger partial charge on any atom is -0.439 e. The van der Waals surface area contributed by atoms with Crippen LogP contribution in [0.4, 0.5) is 0 Å². The van der Waals surface area contributed by atoms with Gasteiger partial charge in [-0.1, -0.05) is 0 Å². The minimum absolute atomic E-state index is 0.127. The van der Waals surface area contributed by atoms with E-state index in [4.69, 9.17) is 16.0 Å². The summed E-state index contributed by atoms with van der Waals surface area (Å²) >= 11 is 5.60. The molecule has 0 unspecified atom stereocenters. The first kappa shape index (κ1) is 12.8. The van der Waals surface area contributed by atoms with Crippen LogP contribution in [-0.2, 0) is 15.5 Å². The van der Waals surface area contributed by atoms with Gasteiger partial charge in [-0.25, -0.2) is 4.98 Å². The maximum absolute atomic E-state index is 12.2. The van der Waals surface area contributed by atoms with E-state index in [1.807, 2.05) is 0 Å². The molecule has 2 rings (SSSR count). The van der Waals surface area contributed by atoms with E-state index in [0.29, 0.717) is 28.4 Å². The summed E-state index contributed by atoms with van der Waals surface area (Å²) in [5, 5.41) is 0. The molecule has 0 aromatic carbocycles. The second kappa shape index (κ2) is 4.53. The molecular formula is C13H12ClNO3. The second-order valence-electron chi connectivity index (χ2n) is 4.16. The zero-order valence-corrected chi connectivity index (χ0v) is 11.1. The van der Waals surface area contributed by atoms with Gasteiger partial charge < -0.3 is 4.42 Å². The van der Waals surface area contributed by atoms with Crippen molar-refractivity contribution < 1.29 is 14.0 Å². The second-order valence-corrected chi connectivity index (χ2v) is 4.43. The summed E-state index contributed by atoms with van der Waals surface area (Å²) < 4.78 is 5.35. The van der Waals surface area contributed by atoms with Gasteiger partial charge in [-0.2, -0.15) is 0 Å². The van der Waals surface area contributed by atoms with Crippen molar-refractivity contribution in [3.63, 3.8) is 0 Å². The Bertz CT molecular complexity index is 608. The number of nitrogens with zero attached hydrogens (tertiary/aromatic N) is 1. The summed E-state index contributed by atoms with van der Waals surface area (Å²) in [4.78, 5) is 28.1. The van der Waals surface area contributed by atoms with E-state index in [1.54, 1.807) is 20.8 Å². The van der Waals surface area contributed by atoms with Gasteiger partial charge in [-0.15, -0.1) is 11.6 Å². The van der Waals surface area contributed by atoms with E-state index < -0.39 is 0 Å². The van der Waals surface area contributed by atoms with Gasteiger partial charge in [0.1, 0.15) is 0 Å². The standard InChI is InChI=1S/C13H12ClNO3/c1-6-7(2)13(17)11(8(3)12(6)16)9-5-15-10(4-14)18-9/h5H,4H2,1-3H3. The summed E-state index contributed by atoms with van der Waals surface area (Å²) in [6, 6.07) is 0. The summed E-state index contributed by atoms with van der Waals surface area (Å²) in [7, 11) is 0. The van der Waals surface area contributed by atoms with Gasteiger partial charge in [-0.3, -0.25) is 9.59 Å². The lowest BCUT2D eigenvalue weighted by Gasteiger charge is -2.16. The predicted octanol–water partition coefficient (Wildman–Crippen LogP) is 2.68. The number of carbonyl (C=O) groups is 2. The van der Waals surface area contributed by atoms with Gasteiger partial charge in [0.25, 0.3) is 0 Å². The largest absolute Gasteiger partial charge is 0.439 e. The molecule has 0 radical (unpaired) electrons. The molecule has 18 heavy (non-hydrogen) atoms. The number of alkyl halides is 1. The van der Waals surface area contributed by atoms with Gasteiger partial charge in [0.2, 0.25) is 5.89 Å². The molecule has 1 aromatic heterocycles. The molecule has 1 aliphatic rings. The van der Waals surface area contributed by atoms with Crippen LogP contribution < -0.4 is 0 Å². The van der Waals surface area contributed by atoms with Crippen LogP contribution in [0.2, 0.25) is 0 Å². The Labute approximate surface area is 109 Å². The van der Waals surface area contributed by atoms with E-state index in [9.17, 15) is 9.59 Å². The quantitative estimate of drug-likeness (QED) is 0.609. The molecule has 0 atom stereocenters. The van der Waals surface area contributed by atoms with Crippen molar-refractivity contribution in [3.05, 3.63) is 34.6 Å². The van der Waals surface area contributed by atoms with Gasteiger partial charge in [0.05, 0.1) is 17.6 Å². The molecule has 1 aliphatic carbocycles. The predicted molar refractivity (Wildman–Crippen MR) is 67.0 cm³/mol. The van der Waals surface area contributed by atoms with Crippen LogP contribution in [0.3, 0.4) is 0 Å². The lowest BCUT2D eigenvalue weighted by Crippen LogP contribution is -2.19. The van der Waals surface area contributed by atoms with Crippen LogP contribution in [0, 0.1) is 0 Å². The average Bonchev–Trinajstić information content (AvgIpc) is 2.83. The van der Waals surface area contributed by atoms with E-state index in [2.05, 4.69) is 4.98 Å². The van der Waals surface area contributed by atoms with E-state index in [-0.39, 0.29) is 23.0 Å². The molecule has 0 saturated heterocycles. The minimum atomic E-state index is -0.193. The first-order chi connectivity index (χ1) is 8.47. The van der Waals surface area contributed by atoms with Crippen molar-refractivity contribution in [2.45, 2.75) is 26.7 Å². The van der Waals surface area contributed by atoms with Crippen LogP contribution in [0.15, 0.2) is 27.3 Å². The highest BCUT2D eigenvalue weighted by atomic mass is 35.5. The Morgan fingerprint density at radius 2 is 1.72 bits per heavy atom. The Morgan fingerprint density at radius 1 is 1.11 bits per heavy atom. The number of carbonyl (C=O) groups excluding carboxylic acids is 2. The number of allylic oxidation sites excluding steroid dienone is 4. The lowest BCUT2D eigenvalue weighted by molar-refractivity contribution is -0.115. The maximum atomic E-state index is 12.2. The number of ketones is 2. The zero-order valence-electron chi connectivity index (χ0n) is 10.3. The van der Waals surface area contributed by atoms with Crippen molar-refractivity contribution in [2.75, 3.05) is 0 Å². The first-order valence-corrected chi connectivity index (χ1v) is 5.99. The van der Waals surface area contributed by atoms with Crippen LogP contribution in [0.5, 0.6) is 0 Å².